The van der Waals surface area contributed by atoms with E-state index in [0.29, 0.717) is 28.3 Å². The Hall–Kier alpha value is -4.67. The van der Waals surface area contributed by atoms with Crippen LogP contribution in [0.25, 0.3) is 11.8 Å². The van der Waals surface area contributed by atoms with Gasteiger partial charge in [-0.15, -0.1) is 5.10 Å². The smallest absolute Gasteiger partial charge is 0.335 e. The summed E-state index contributed by atoms with van der Waals surface area (Å²) < 4.78 is 8.15. The van der Waals surface area contributed by atoms with Gasteiger partial charge in [0.15, 0.2) is 5.78 Å². The fourth-order valence-corrected chi connectivity index (χ4v) is 6.90. The molecule has 1 aromatic heterocycles. The molecule has 1 saturated carbocycles. The lowest BCUT2D eigenvalue weighted by Gasteiger charge is -2.45. The van der Waals surface area contributed by atoms with E-state index in [-0.39, 0.29) is 48.3 Å². The Balaban J connectivity index is 1.34. The summed E-state index contributed by atoms with van der Waals surface area (Å²) in [5, 5.41) is 21.2. The molecular weight excluding hydrogens is 618 g/mol. The first kappa shape index (κ1) is 32.3. The molecule has 1 aliphatic carbocycles. The first-order valence-electron chi connectivity index (χ1n) is 15.9. The number of carbonyl (C=O) groups is 3. The van der Waals surface area contributed by atoms with Crippen LogP contribution in [0.3, 0.4) is 0 Å². The van der Waals surface area contributed by atoms with Crippen LogP contribution >= 0.6 is 11.6 Å². The standard InChI is InChI=1S/C36H36ClN5O5/c37-28-16-17-32(42-23-38-39-40-42)27(20-28)15-18-34(44)41-22-30(47-29-9-5-2-6-10-29)21-31(25-7-3-1-4-8-25)35(41)33(43)19-24-11-13-26(14-12-24)36(45)46/h1,3-4,7-8,11-18,20,23,29-31,35H,2,5-6,9-10,19,21-22H2,(H,45,46)/b18-15+/t30-,31-,35-/m1/s1. The molecule has 4 aromatic rings. The van der Waals surface area contributed by atoms with E-state index in [2.05, 4.69) is 15.5 Å². The lowest BCUT2D eigenvalue weighted by atomic mass is 9.79. The number of benzene rings is 3. The van der Waals surface area contributed by atoms with Crippen LogP contribution in [0.1, 0.15) is 71.5 Å². The van der Waals surface area contributed by atoms with Crippen LogP contribution in [0.2, 0.25) is 5.02 Å². The van der Waals surface area contributed by atoms with Crippen molar-refractivity contribution in [1.82, 2.24) is 25.1 Å². The number of ether oxygens (including phenoxy) is 1. The summed E-state index contributed by atoms with van der Waals surface area (Å²) in [6.07, 6.45) is 10.5. The quantitative estimate of drug-likeness (QED) is 0.208. The summed E-state index contributed by atoms with van der Waals surface area (Å²) in [5.74, 6) is -1.79. The second kappa shape index (κ2) is 14.8. The van der Waals surface area contributed by atoms with E-state index in [0.717, 1.165) is 31.2 Å². The molecular formula is C36H36ClN5O5. The SMILES string of the molecule is O=C(O)c1ccc(CC(=O)[C@H]2[C@@H](c3ccccc3)C[C@@H](OC3CCCCC3)CN2C(=O)/C=C/c2cc(Cl)ccc2-n2cnnn2)cc1. The summed E-state index contributed by atoms with van der Waals surface area (Å²) in [5.41, 5.74) is 3.06. The summed E-state index contributed by atoms with van der Waals surface area (Å²) in [6, 6.07) is 20.6. The third kappa shape index (κ3) is 7.84. The molecule has 10 nitrogen and oxygen atoms in total. The Bertz CT molecular complexity index is 1720. The van der Waals surface area contributed by atoms with Crippen LogP contribution in [0.4, 0.5) is 0 Å². The van der Waals surface area contributed by atoms with Crippen LogP contribution in [-0.4, -0.2) is 72.7 Å². The number of halogens is 1. The van der Waals surface area contributed by atoms with Crippen molar-refractivity contribution in [2.75, 3.05) is 6.54 Å². The van der Waals surface area contributed by atoms with E-state index in [9.17, 15) is 19.5 Å². The van der Waals surface area contributed by atoms with Crippen LogP contribution in [-0.2, 0) is 20.7 Å². The van der Waals surface area contributed by atoms with Crippen LogP contribution in [0, 0.1) is 0 Å². The van der Waals surface area contributed by atoms with Gasteiger partial charge < -0.3 is 14.7 Å². The summed E-state index contributed by atoms with van der Waals surface area (Å²) in [7, 11) is 0. The fourth-order valence-electron chi connectivity index (χ4n) is 6.72. The number of ketones is 1. The number of aromatic carboxylic acids is 1. The highest BCUT2D eigenvalue weighted by molar-refractivity contribution is 6.30. The lowest BCUT2D eigenvalue weighted by Crippen LogP contribution is -2.56. The Morgan fingerprint density at radius 2 is 1.72 bits per heavy atom. The average molecular weight is 654 g/mol. The maximum absolute atomic E-state index is 14.3. The predicted octanol–water partition coefficient (Wildman–Crippen LogP) is 5.94. The Morgan fingerprint density at radius 3 is 2.43 bits per heavy atom. The zero-order valence-corrected chi connectivity index (χ0v) is 26.6. The number of Topliss-reactive ketones (excluding diaryl/α,β-unsaturated/α-hetero) is 1. The predicted molar refractivity (Wildman–Crippen MR) is 176 cm³/mol. The zero-order chi connectivity index (χ0) is 32.8. The highest BCUT2D eigenvalue weighted by Crippen LogP contribution is 2.37. The Labute approximate surface area is 278 Å². The van der Waals surface area contributed by atoms with Gasteiger partial charge in [0.25, 0.3) is 0 Å². The first-order chi connectivity index (χ1) is 22.9. The number of carbonyl (C=O) groups excluding carboxylic acids is 2. The van der Waals surface area contributed by atoms with Crippen molar-refractivity contribution in [2.45, 2.75) is 69.1 Å². The van der Waals surface area contributed by atoms with Crippen molar-refractivity contribution < 1.29 is 24.2 Å². The van der Waals surface area contributed by atoms with Gasteiger partial charge in [0.2, 0.25) is 5.91 Å². The Morgan fingerprint density at radius 1 is 0.957 bits per heavy atom. The van der Waals surface area contributed by atoms with Crippen molar-refractivity contribution >= 4 is 35.3 Å². The number of hydrogen-bond acceptors (Lipinski definition) is 7. The number of tetrazole rings is 1. The molecule has 6 rings (SSSR count). The number of hydrogen-bond donors (Lipinski definition) is 1. The number of aromatic nitrogens is 4. The largest absolute Gasteiger partial charge is 0.478 e. The minimum absolute atomic E-state index is 0.0489. The van der Waals surface area contributed by atoms with Gasteiger partial charge in [0.1, 0.15) is 6.33 Å². The van der Waals surface area contributed by atoms with E-state index in [1.54, 1.807) is 41.3 Å². The number of carboxylic acid groups (broad SMARTS) is 1. The molecule has 11 heteroatoms. The highest BCUT2D eigenvalue weighted by atomic mass is 35.5. The number of amides is 1. The van der Waals surface area contributed by atoms with Crippen LogP contribution in [0.5, 0.6) is 0 Å². The van der Waals surface area contributed by atoms with Gasteiger partial charge in [0.05, 0.1) is 29.5 Å². The van der Waals surface area contributed by atoms with Crippen molar-refractivity contribution in [1.29, 1.82) is 0 Å². The van der Waals surface area contributed by atoms with Gasteiger partial charge in [0, 0.05) is 35.5 Å². The Kier molecular flexibility index (Phi) is 10.2. The molecule has 1 N–H and O–H groups in total. The summed E-state index contributed by atoms with van der Waals surface area (Å²) >= 11 is 6.33. The van der Waals surface area contributed by atoms with Crippen molar-refractivity contribution in [2.24, 2.45) is 0 Å². The molecule has 1 aliphatic heterocycles. The zero-order valence-electron chi connectivity index (χ0n) is 25.8. The molecule has 47 heavy (non-hydrogen) atoms. The molecule has 0 unspecified atom stereocenters. The molecule has 0 radical (unpaired) electrons. The van der Waals surface area contributed by atoms with Crippen molar-refractivity contribution in [3.63, 3.8) is 0 Å². The van der Waals surface area contributed by atoms with E-state index in [1.807, 2.05) is 30.3 Å². The van der Waals surface area contributed by atoms with Gasteiger partial charge in [-0.25, -0.2) is 4.79 Å². The molecule has 0 bridgehead atoms. The normalized spacial score (nSPS) is 20.4. The second-order valence-corrected chi connectivity index (χ2v) is 12.6. The van der Waals surface area contributed by atoms with Crippen LogP contribution < -0.4 is 0 Å². The third-order valence-corrected chi connectivity index (χ3v) is 9.22. The maximum atomic E-state index is 14.3. The monoisotopic (exact) mass is 653 g/mol. The number of piperidine rings is 1. The van der Waals surface area contributed by atoms with E-state index < -0.39 is 12.0 Å². The van der Waals surface area contributed by atoms with Gasteiger partial charge in [-0.1, -0.05) is 73.3 Å². The van der Waals surface area contributed by atoms with Crippen LogP contribution in [0.15, 0.2) is 85.2 Å². The molecule has 0 spiro atoms. The third-order valence-electron chi connectivity index (χ3n) is 8.98. The molecule has 1 amide bonds. The van der Waals surface area contributed by atoms with Gasteiger partial charge in [-0.05, 0) is 77.2 Å². The lowest BCUT2D eigenvalue weighted by molar-refractivity contribution is -0.146. The number of carboxylic acids is 1. The molecule has 3 atom stereocenters. The van der Waals surface area contributed by atoms with E-state index in [1.165, 1.54) is 35.6 Å². The van der Waals surface area contributed by atoms with Gasteiger partial charge in [-0.2, -0.15) is 4.68 Å². The molecule has 2 aliphatic rings. The van der Waals surface area contributed by atoms with Gasteiger partial charge in [-0.3, -0.25) is 9.59 Å². The highest BCUT2D eigenvalue weighted by Gasteiger charge is 2.43. The topological polar surface area (TPSA) is 128 Å². The number of nitrogens with zero attached hydrogens (tertiary/aromatic N) is 5. The maximum Gasteiger partial charge on any atom is 0.335 e. The molecule has 2 heterocycles. The molecule has 242 valence electrons. The second-order valence-electron chi connectivity index (χ2n) is 12.1. The molecule has 3 aromatic carbocycles. The summed E-state index contributed by atoms with van der Waals surface area (Å²) in [6.45, 7) is 0.271. The minimum atomic E-state index is -1.03. The van der Waals surface area contributed by atoms with Crippen molar-refractivity contribution in [3.05, 3.63) is 112 Å². The number of rotatable bonds is 10. The van der Waals surface area contributed by atoms with Gasteiger partial charge >= 0.3 is 5.97 Å². The van der Waals surface area contributed by atoms with Crippen molar-refractivity contribution in [3.8, 4) is 5.69 Å². The number of likely N-dealkylation sites (tertiary alicyclic amines) is 1. The minimum Gasteiger partial charge on any atom is -0.478 e. The molecule has 2 fully saturated rings. The molecule has 1 saturated heterocycles. The summed E-state index contributed by atoms with van der Waals surface area (Å²) in [4.78, 5) is 41.6. The van der Waals surface area contributed by atoms with E-state index >= 15 is 0 Å². The average Bonchev–Trinajstić information content (AvgIpc) is 3.63. The first-order valence-corrected chi connectivity index (χ1v) is 16.3. The van der Waals surface area contributed by atoms with E-state index in [4.69, 9.17) is 16.3 Å². The fraction of sp³-hybridized carbons (Fsp3) is 0.333.